The molecule has 3 N–H and O–H groups in total. The van der Waals surface area contributed by atoms with Crippen LogP contribution in [0.4, 0.5) is 5.69 Å². The van der Waals surface area contributed by atoms with Crippen LogP contribution in [0.3, 0.4) is 0 Å². The Morgan fingerprint density at radius 1 is 1.12 bits per heavy atom. The van der Waals surface area contributed by atoms with Gasteiger partial charge in [0.1, 0.15) is 5.75 Å². The largest absolute Gasteiger partial charge is 0.481 e. The van der Waals surface area contributed by atoms with Crippen LogP contribution in [0.1, 0.15) is 30.5 Å². The zero-order chi connectivity index (χ0) is 17.7. The van der Waals surface area contributed by atoms with Crippen molar-refractivity contribution in [2.75, 3.05) is 5.73 Å². The number of hydrogen-bond donors (Lipinski definition) is 2. The molecule has 2 rings (SSSR count). The van der Waals surface area contributed by atoms with Gasteiger partial charge in [-0.25, -0.2) is 5.43 Å². The Morgan fingerprint density at radius 2 is 1.79 bits per heavy atom. The summed E-state index contributed by atoms with van der Waals surface area (Å²) in [5.41, 5.74) is 12.8. The maximum Gasteiger partial charge on any atom is 0.280 e. The second-order valence-corrected chi connectivity index (χ2v) is 5.80. The summed E-state index contributed by atoms with van der Waals surface area (Å²) in [6.07, 6.45) is -0.643. The summed E-state index contributed by atoms with van der Waals surface area (Å²) in [4.78, 5) is 12.1. The topological polar surface area (TPSA) is 76.7 Å². The SMILES string of the molecule is C/C(=N\NC(=O)C(C)Oc1ccc(C)c(C)c1)c1ccc(N)cc1. The van der Waals surface area contributed by atoms with Crippen molar-refractivity contribution < 1.29 is 9.53 Å². The number of hydrazone groups is 1. The Kier molecular flexibility index (Phi) is 5.58. The molecule has 0 aliphatic rings. The fourth-order valence-electron chi connectivity index (χ4n) is 2.06. The molecule has 0 aliphatic heterocycles. The van der Waals surface area contributed by atoms with Crippen molar-refractivity contribution in [3.05, 3.63) is 59.2 Å². The Hall–Kier alpha value is -2.82. The van der Waals surface area contributed by atoms with Gasteiger partial charge in [-0.2, -0.15) is 5.10 Å². The number of anilines is 1. The molecule has 1 amide bonds. The van der Waals surface area contributed by atoms with E-state index < -0.39 is 6.10 Å². The molecule has 126 valence electrons. The van der Waals surface area contributed by atoms with E-state index in [0.29, 0.717) is 17.1 Å². The summed E-state index contributed by atoms with van der Waals surface area (Å²) >= 11 is 0. The highest BCUT2D eigenvalue weighted by Gasteiger charge is 2.14. The van der Waals surface area contributed by atoms with Gasteiger partial charge in [0, 0.05) is 5.69 Å². The quantitative estimate of drug-likeness (QED) is 0.503. The lowest BCUT2D eigenvalue weighted by Crippen LogP contribution is -2.34. The van der Waals surface area contributed by atoms with Crippen LogP contribution in [0.25, 0.3) is 0 Å². The zero-order valence-corrected chi connectivity index (χ0v) is 14.5. The molecular weight excluding hydrogens is 302 g/mol. The number of nitrogens with zero attached hydrogens (tertiary/aromatic N) is 1. The van der Waals surface area contributed by atoms with Crippen LogP contribution in [0.15, 0.2) is 47.6 Å². The first kappa shape index (κ1) is 17.5. The van der Waals surface area contributed by atoms with Gasteiger partial charge in [-0.3, -0.25) is 4.79 Å². The van der Waals surface area contributed by atoms with Crippen LogP contribution in [0.5, 0.6) is 5.75 Å². The first-order valence-corrected chi connectivity index (χ1v) is 7.81. The van der Waals surface area contributed by atoms with Crippen LogP contribution in [-0.2, 0) is 4.79 Å². The number of aryl methyl sites for hydroxylation is 2. The number of amides is 1. The molecule has 2 aromatic carbocycles. The van der Waals surface area contributed by atoms with Crippen LogP contribution >= 0.6 is 0 Å². The first-order valence-electron chi connectivity index (χ1n) is 7.81. The van der Waals surface area contributed by atoms with Gasteiger partial charge in [-0.15, -0.1) is 0 Å². The molecule has 5 heteroatoms. The summed E-state index contributed by atoms with van der Waals surface area (Å²) in [5, 5.41) is 4.11. The van der Waals surface area contributed by atoms with Gasteiger partial charge in [0.2, 0.25) is 0 Å². The lowest BCUT2D eigenvalue weighted by atomic mass is 10.1. The highest BCUT2D eigenvalue weighted by atomic mass is 16.5. The maximum atomic E-state index is 12.1. The molecule has 0 radical (unpaired) electrons. The molecule has 1 unspecified atom stereocenters. The molecule has 0 saturated heterocycles. The van der Waals surface area contributed by atoms with Crippen molar-refractivity contribution in [1.82, 2.24) is 5.43 Å². The molecule has 0 aromatic heterocycles. The van der Waals surface area contributed by atoms with Crippen LogP contribution in [-0.4, -0.2) is 17.7 Å². The van der Waals surface area contributed by atoms with Gasteiger partial charge in [0.05, 0.1) is 5.71 Å². The summed E-state index contributed by atoms with van der Waals surface area (Å²) in [7, 11) is 0. The van der Waals surface area contributed by atoms with Crippen LogP contribution in [0.2, 0.25) is 0 Å². The second kappa shape index (κ2) is 7.64. The highest BCUT2D eigenvalue weighted by Crippen LogP contribution is 2.17. The van der Waals surface area contributed by atoms with Gasteiger partial charge in [-0.1, -0.05) is 18.2 Å². The molecule has 0 heterocycles. The molecule has 2 aromatic rings. The molecule has 5 nitrogen and oxygen atoms in total. The van der Waals surface area contributed by atoms with Crippen LogP contribution in [0, 0.1) is 13.8 Å². The van der Waals surface area contributed by atoms with Crippen molar-refractivity contribution in [3.8, 4) is 5.75 Å². The zero-order valence-electron chi connectivity index (χ0n) is 14.5. The third-order valence-corrected chi connectivity index (χ3v) is 3.82. The van der Waals surface area contributed by atoms with E-state index in [0.717, 1.165) is 11.1 Å². The minimum absolute atomic E-state index is 0.303. The molecule has 0 spiro atoms. The summed E-state index contributed by atoms with van der Waals surface area (Å²) in [6.45, 7) is 7.55. The van der Waals surface area contributed by atoms with E-state index in [4.69, 9.17) is 10.5 Å². The van der Waals surface area contributed by atoms with Crippen molar-refractivity contribution in [1.29, 1.82) is 0 Å². The molecule has 0 fully saturated rings. The normalized spacial score (nSPS) is 12.6. The Bertz CT molecular complexity index is 752. The van der Waals surface area contributed by atoms with Crippen LogP contribution < -0.4 is 15.9 Å². The fraction of sp³-hybridized carbons (Fsp3) is 0.263. The van der Waals surface area contributed by atoms with E-state index in [-0.39, 0.29) is 5.91 Å². The number of nitrogen functional groups attached to an aromatic ring is 1. The molecule has 0 bridgehead atoms. The Morgan fingerprint density at radius 3 is 2.42 bits per heavy atom. The van der Waals surface area contributed by atoms with Gasteiger partial charge in [0.25, 0.3) is 5.91 Å². The minimum atomic E-state index is -0.643. The van der Waals surface area contributed by atoms with Crippen molar-refractivity contribution >= 4 is 17.3 Å². The average molecular weight is 325 g/mol. The van der Waals surface area contributed by atoms with E-state index in [1.54, 1.807) is 19.1 Å². The standard InChI is InChI=1S/C19H23N3O2/c1-12-5-10-18(11-13(12)2)24-15(4)19(23)22-21-14(3)16-6-8-17(20)9-7-16/h5-11,15H,20H2,1-4H3,(H,22,23)/b21-14+. The predicted molar refractivity (Wildman–Crippen MR) is 97.2 cm³/mol. The van der Waals surface area contributed by atoms with E-state index >= 15 is 0 Å². The summed E-state index contributed by atoms with van der Waals surface area (Å²) in [6, 6.07) is 13.0. The smallest absolute Gasteiger partial charge is 0.280 e. The van der Waals surface area contributed by atoms with E-state index in [9.17, 15) is 4.79 Å². The number of nitrogens with two attached hydrogens (primary N) is 1. The molecule has 0 aliphatic carbocycles. The lowest BCUT2D eigenvalue weighted by molar-refractivity contribution is -0.127. The first-order chi connectivity index (χ1) is 11.4. The van der Waals surface area contributed by atoms with Crippen molar-refractivity contribution in [2.24, 2.45) is 5.10 Å². The van der Waals surface area contributed by atoms with E-state index in [2.05, 4.69) is 10.5 Å². The number of hydrogen-bond acceptors (Lipinski definition) is 4. The molecule has 1 atom stereocenters. The Labute approximate surface area is 142 Å². The van der Waals surface area contributed by atoms with Gasteiger partial charge in [0.15, 0.2) is 6.10 Å². The minimum Gasteiger partial charge on any atom is -0.481 e. The van der Waals surface area contributed by atoms with Gasteiger partial charge in [-0.05, 0) is 68.7 Å². The molecule has 0 saturated carbocycles. The number of carbonyl (C=O) groups is 1. The summed E-state index contributed by atoms with van der Waals surface area (Å²) in [5.74, 6) is 0.364. The van der Waals surface area contributed by atoms with E-state index in [1.807, 2.05) is 51.1 Å². The maximum absolute atomic E-state index is 12.1. The monoisotopic (exact) mass is 325 g/mol. The fourth-order valence-corrected chi connectivity index (χ4v) is 2.06. The number of nitrogens with one attached hydrogen (secondary N) is 1. The Balaban J connectivity index is 1.96. The highest BCUT2D eigenvalue weighted by molar-refractivity contribution is 5.99. The number of benzene rings is 2. The van der Waals surface area contributed by atoms with Crippen molar-refractivity contribution in [3.63, 3.8) is 0 Å². The number of carbonyl (C=O) groups excluding carboxylic acids is 1. The second-order valence-electron chi connectivity index (χ2n) is 5.80. The molecule has 24 heavy (non-hydrogen) atoms. The van der Waals surface area contributed by atoms with Gasteiger partial charge >= 0.3 is 0 Å². The summed E-state index contributed by atoms with van der Waals surface area (Å²) < 4.78 is 5.67. The lowest BCUT2D eigenvalue weighted by Gasteiger charge is -2.14. The van der Waals surface area contributed by atoms with E-state index in [1.165, 1.54) is 5.56 Å². The number of rotatable bonds is 5. The van der Waals surface area contributed by atoms with Crippen molar-refractivity contribution in [2.45, 2.75) is 33.8 Å². The molecular formula is C19H23N3O2. The predicted octanol–water partition coefficient (Wildman–Crippen LogP) is 3.19. The average Bonchev–Trinajstić information content (AvgIpc) is 2.56. The third kappa shape index (κ3) is 4.59. The number of ether oxygens (including phenoxy) is 1. The third-order valence-electron chi connectivity index (χ3n) is 3.82. The van der Waals surface area contributed by atoms with Gasteiger partial charge < -0.3 is 10.5 Å².